The van der Waals surface area contributed by atoms with Gasteiger partial charge in [-0.25, -0.2) is 0 Å². The lowest BCUT2D eigenvalue weighted by molar-refractivity contribution is -0.147. The van der Waals surface area contributed by atoms with Crippen molar-refractivity contribution >= 4 is 5.91 Å². The highest BCUT2D eigenvalue weighted by atomic mass is 16.5. The van der Waals surface area contributed by atoms with Crippen LogP contribution in [0, 0.1) is 5.41 Å². The van der Waals surface area contributed by atoms with Gasteiger partial charge in [-0.1, -0.05) is 0 Å². The fourth-order valence-corrected chi connectivity index (χ4v) is 2.47. The molecule has 92 valence electrons. The second-order valence-electron chi connectivity index (χ2n) is 4.64. The summed E-state index contributed by atoms with van der Waals surface area (Å²) in [5.41, 5.74) is 5.48. The third-order valence-electron chi connectivity index (χ3n) is 3.70. The molecule has 5 nitrogen and oxygen atoms in total. The van der Waals surface area contributed by atoms with Gasteiger partial charge >= 0.3 is 0 Å². The molecule has 2 rings (SSSR count). The maximum atomic E-state index is 12.5. The minimum Gasteiger partial charge on any atom is -0.381 e. The van der Waals surface area contributed by atoms with E-state index in [1.807, 2.05) is 4.90 Å². The molecule has 2 saturated heterocycles. The van der Waals surface area contributed by atoms with Gasteiger partial charge in [0.1, 0.15) is 0 Å². The fourth-order valence-electron chi connectivity index (χ4n) is 2.47. The van der Waals surface area contributed by atoms with E-state index in [9.17, 15) is 4.79 Å². The molecule has 3 N–H and O–H groups in total. The van der Waals surface area contributed by atoms with Crippen LogP contribution in [0.25, 0.3) is 0 Å². The van der Waals surface area contributed by atoms with Gasteiger partial charge in [0, 0.05) is 45.9 Å². The molecule has 0 atom stereocenters. The zero-order valence-electron chi connectivity index (χ0n) is 9.71. The van der Waals surface area contributed by atoms with E-state index in [1.54, 1.807) is 0 Å². The molecule has 0 spiro atoms. The van der Waals surface area contributed by atoms with Crippen LogP contribution in [0.4, 0.5) is 0 Å². The van der Waals surface area contributed by atoms with Gasteiger partial charge in [0.2, 0.25) is 5.91 Å². The maximum absolute atomic E-state index is 12.5. The van der Waals surface area contributed by atoms with E-state index in [0.29, 0.717) is 19.8 Å². The average Bonchev–Trinajstić information content (AvgIpc) is 2.39. The molecule has 0 radical (unpaired) electrons. The highest BCUT2D eigenvalue weighted by molar-refractivity contribution is 5.83. The highest BCUT2D eigenvalue weighted by Gasteiger charge is 2.41. The third-order valence-corrected chi connectivity index (χ3v) is 3.70. The number of carbonyl (C=O) groups excluding carboxylic acids is 1. The van der Waals surface area contributed by atoms with Gasteiger partial charge in [-0.2, -0.15) is 0 Å². The summed E-state index contributed by atoms with van der Waals surface area (Å²) in [5.74, 6) is 0.236. The van der Waals surface area contributed by atoms with Crippen LogP contribution in [0.5, 0.6) is 0 Å². The number of hydrogen-bond donors (Lipinski definition) is 2. The summed E-state index contributed by atoms with van der Waals surface area (Å²) in [5, 5.41) is 3.25. The number of piperazine rings is 1. The molecule has 0 aromatic rings. The lowest BCUT2D eigenvalue weighted by atomic mass is 9.78. The Morgan fingerprint density at radius 2 is 1.94 bits per heavy atom. The summed E-state index contributed by atoms with van der Waals surface area (Å²) < 4.78 is 5.33. The van der Waals surface area contributed by atoms with Gasteiger partial charge in [-0.3, -0.25) is 4.79 Å². The first kappa shape index (κ1) is 11.8. The average molecular weight is 227 g/mol. The molecule has 2 aliphatic heterocycles. The monoisotopic (exact) mass is 227 g/mol. The number of amides is 1. The smallest absolute Gasteiger partial charge is 0.230 e. The second kappa shape index (κ2) is 5.12. The maximum Gasteiger partial charge on any atom is 0.230 e. The van der Waals surface area contributed by atoms with Crippen LogP contribution in [0.15, 0.2) is 0 Å². The van der Waals surface area contributed by atoms with Gasteiger partial charge in [0.05, 0.1) is 5.41 Å². The molecular formula is C11H21N3O2. The van der Waals surface area contributed by atoms with Crippen LogP contribution in [-0.2, 0) is 9.53 Å². The van der Waals surface area contributed by atoms with E-state index in [0.717, 1.165) is 39.0 Å². The first-order valence-corrected chi connectivity index (χ1v) is 6.06. The molecular weight excluding hydrogens is 206 g/mol. The lowest BCUT2D eigenvalue weighted by Gasteiger charge is -2.40. The molecule has 1 amide bonds. The fraction of sp³-hybridized carbons (Fsp3) is 0.909. The van der Waals surface area contributed by atoms with Crippen LogP contribution >= 0.6 is 0 Å². The summed E-state index contributed by atoms with van der Waals surface area (Å²) in [6, 6.07) is 0. The number of rotatable bonds is 2. The van der Waals surface area contributed by atoms with E-state index in [-0.39, 0.29) is 11.3 Å². The summed E-state index contributed by atoms with van der Waals surface area (Å²) in [6.07, 6.45) is 1.54. The van der Waals surface area contributed by atoms with Crippen LogP contribution < -0.4 is 11.1 Å². The van der Waals surface area contributed by atoms with Crippen molar-refractivity contribution < 1.29 is 9.53 Å². The van der Waals surface area contributed by atoms with Crippen molar-refractivity contribution in [2.75, 3.05) is 45.9 Å². The van der Waals surface area contributed by atoms with Crippen molar-refractivity contribution in [3.05, 3.63) is 0 Å². The van der Waals surface area contributed by atoms with Crippen molar-refractivity contribution in [3.8, 4) is 0 Å². The molecule has 0 aromatic heterocycles. The standard InChI is InChI=1S/C11H21N3O2/c12-9-11(1-7-16-8-2-11)10(15)14-5-3-13-4-6-14/h13H,1-9,12H2. The van der Waals surface area contributed by atoms with Gasteiger partial charge in [-0.05, 0) is 12.8 Å². The molecule has 0 unspecified atom stereocenters. The third kappa shape index (κ3) is 2.21. The number of nitrogens with one attached hydrogen (secondary N) is 1. The molecule has 5 heteroatoms. The van der Waals surface area contributed by atoms with Gasteiger partial charge in [-0.15, -0.1) is 0 Å². The highest BCUT2D eigenvalue weighted by Crippen LogP contribution is 2.31. The Morgan fingerprint density at radius 1 is 1.31 bits per heavy atom. The second-order valence-corrected chi connectivity index (χ2v) is 4.64. The largest absolute Gasteiger partial charge is 0.381 e. The Hall–Kier alpha value is -0.650. The Labute approximate surface area is 96.3 Å². The van der Waals surface area contributed by atoms with Crippen molar-refractivity contribution in [1.82, 2.24) is 10.2 Å². The predicted molar refractivity (Wildman–Crippen MR) is 61.0 cm³/mol. The van der Waals surface area contributed by atoms with Crippen LogP contribution in [0.1, 0.15) is 12.8 Å². The van der Waals surface area contributed by atoms with Crippen molar-refractivity contribution in [2.24, 2.45) is 11.1 Å². The first-order valence-electron chi connectivity index (χ1n) is 6.06. The van der Waals surface area contributed by atoms with E-state index < -0.39 is 0 Å². The molecule has 2 fully saturated rings. The number of carbonyl (C=O) groups is 1. The molecule has 2 aliphatic rings. The van der Waals surface area contributed by atoms with E-state index in [4.69, 9.17) is 10.5 Å². The Balaban J connectivity index is 2.04. The van der Waals surface area contributed by atoms with E-state index in [1.165, 1.54) is 0 Å². The SMILES string of the molecule is NCC1(C(=O)N2CCNCC2)CCOCC1. The number of nitrogens with zero attached hydrogens (tertiary/aromatic N) is 1. The Kier molecular flexibility index (Phi) is 3.78. The van der Waals surface area contributed by atoms with Gasteiger partial charge in [0.25, 0.3) is 0 Å². The van der Waals surface area contributed by atoms with Crippen molar-refractivity contribution in [2.45, 2.75) is 12.8 Å². The van der Waals surface area contributed by atoms with Crippen molar-refractivity contribution in [3.63, 3.8) is 0 Å². The first-order chi connectivity index (χ1) is 7.78. The van der Waals surface area contributed by atoms with Crippen LogP contribution in [0.2, 0.25) is 0 Å². The molecule has 0 saturated carbocycles. The van der Waals surface area contributed by atoms with Gasteiger partial charge < -0.3 is 20.7 Å². The van der Waals surface area contributed by atoms with Crippen molar-refractivity contribution in [1.29, 1.82) is 0 Å². The molecule has 16 heavy (non-hydrogen) atoms. The quantitative estimate of drug-likeness (QED) is 0.646. The number of ether oxygens (including phenoxy) is 1. The normalized spacial score (nSPS) is 25.4. The lowest BCUT2D eigenvalue weighted by Crippen LogP contribution is -2.55. The molecule has 2 heterocycles. The summed E-state index contributed by atoms with van der Waals surface area (Å²) in [6.45, 7) is 5.16. The number of hydrogen-bond acceptors (Lipinski definition) is 4. The molecule has 0 aliphatic carbocycles. The minimum absolute atomic E-state index is 0.236. The summed E-state index contributed by atoms with van der Waals surface area (Å²) in [4.78, 5) is 14.4. The zero-order valence-corrected chi connectivity index (χ0v) is 9.71. The molecule has 0 bridgehead atoms. The molecule has 0 aromatic carbocycles. The summed E-state index contributed by atoms with van der Waals surface area (Å²) >= 11 is 0. The Morgan fingerprint density at radius 3 is 2.50 bits per heavy atom. The van der Waals surface area contributed by atoms with Crippen LogP contribution in [0.3, 0.4) is 0 Å². The van der Waals surface area contributed by atoms with Crippen LogP contribution in [-0.4, -0.2) is 56.7 Å². The number of nitrogens with two attached hydrogens (primary N) is 1. The van der Waals surface area contributed by atoms with E-state index >= 15 is 0 Å². The minimum atomic E-state index is -0.352. The predicted octanol–water partition coefficient (Wildman–Crippen LogP) is -0.826. The topological polar surface area (TPSA) is 67.6 Å². The summed E-state index contributed by atoms with van der Waals surface area (Å²) in [7, 11) is 0. The van der Waals surface area contributed by atoms with E-state index in [2.05, 4.69) is 5.32 Å². The van der Waals surface area contributed by atoms with Gasteiger partial charge in [0.15, 0.2) is 0 Å². The zero-order chi connectivity index (χ0) is 11.4. The Bertz CT molecular complexity index is 246.